The van der Waals surface area contributed by atoms with Crippen LogP contribution in [-0.4, -0.2) is 56.3 Å². The number of carbonyl (C=O) groups excluding carboxylic acids is 1. The van der Waals surface area contributed by atoms with Gasteiger partial charge >= 0.3 is 10.2 Å². The smallest absolute Gasteiger partial charge is 0.302 e. The summed E-state index contributed by atoms with van der Waals surface area (Å²) >= 11 is 0. The Kier molecular flexibility index (Phi) is 4.88. The van der Waals surface area contributed by atoms with Gasteiger partial charge in [0.2, 0.25) is 0 Å². The van der Waals surface area contributed by atoms with Crippen LogP contribution in [0.1, 0.15) is 46.7 Å². The first-order valence-corrected chi connectivity index (χ1v) is 9.57. The van der Waals surface area contributed by atoms with E-state index in [1.54, 1.807) is 22.8 Å². The summed E-state index contributed by atoms with van der Waals surface area (Å²) < 4.78 is 25.5. The van der Waals surface area contributed by atoms with Gasteiger partial charge in [0, 0.05) is 32.5 Å². The number of aryl methyl sites for hydroxylation is 1. The average Bonchev–Trinajstić information content (AvgIpc) is 3.20. The predicted octanol–water partition coefficient (Wildman–Crippen LogP) is -0.724. The molecule has 2 aromatic rings. The molecule has 0 bridgehead atoms. The van der Waals surface area contributed by atoms with E-state index >= 15 is 0 Å². The van der Waals surface area contributed by atoms with Gasteiger partial charge in [-0.1, -0.05) is 0 Å². The molecule has 0 spiro atoms. The van der Waals surface area contributed by atoms with Crippen molar-refractivity contribution in [3.8, 4) is 0 Å². The molecule has 1 aliphatic rings. The molecule has 0 atom stereocenters. The van der Waals surface area contributed by atoms with Crippen molar-refractivity contribution < 1.29 is 23.4 Å². The fourth-order valence-electron chi connectivity index (χ4n) is 3.38. The number of aromatic nitrogens is 3. The first kappa shape index (κ1) is 18.6. The van der Waals surface area contributed by atoms with Crippen LogP contribution in [0.15, 0.2) is 24.7 Å². The van der Waals surface area contributed by atoms with Gasteiger partial charge in [0.1, 0.15) is 0 Å². The lowest BCUT2D eigenvalue weighted by atomic mass is 9.89. The molecule has 2 aromatic heterocycles. The zero-order chi connectivity index (χ0) is 19.1. The number of aliphatic hydroxyl groups is 2. The van der Waals surface area contributed by atoms with Gasteiger partial charge in [-0.2, -0.15) is 13.5 Å². The summed E-state index contributed by atoms with van der Waals surface area (Å²) in [4.78, 5) is 14.2. The predicted molar refractivity (Wildman–Crippen MR) is 91.2 cm³/mol. The Morgan fingerprint density at radius 2 is 2.00 bits per heavy atom. The quantitative estimate of drug-likeness (QED) is 0.594. The van der Waals surface area contributed by atoms with Crippen LogP contribution in [0, 0.1) is 0 Å². The second kappa shape index (κ2) is 6.83. The third kappa shape index (κ3) is 3.51. The molecule has 1 amide bonds. The molecule has 1 fully saturated rings. The molecule has 0 aliphatic carbocycles. The molecular weight excluding hydrogens is 362 g/mol. The molecule has 1 saturated heterocycles. The number of rotatable bonds is 4. The van der Waals surface area contributed by atoms with Crippen molar-refractivity contribution in [2.45, 2.75) is 25.0 Å². The first-order valence-electron chi connectivity index (χ1n) is 8.07. The highest BCUT2D eigenvalue weighted by atomic mass is 32.2. The Labute approximate surface area is 150 Å². The highest BCUT2D eigenvalue weighted by Crippen LogP contribution is 2.34. The largest absolute Gasteiger partial charge is 0.363 e. The molecule has 0 saturated carbocycles. The molecule has 11 heteroatoms. The third-order valence-corrected chi connectivity index (χ3v) is 5.48. The summed E-state index contributed by atoms with van der Waals surface area (Å²) in [6, 6.07) is 1.53. The normalized spacial score (nSPS) is 16.4. The van der Waals surface area contributed by atoms with Crippen molar-refractivity contribution in [2.75, 3.05) is 13.1 Å². The topological polar surface area (TPSA) is 144 Å². The zero-order valence-electron chi connectivity index (χ0n) is 14.2. The van der Waals surface area contributed by atoms with Crippen LogP contribution < -0.4 is 5.14 Å². The van der Waals surface area contributed by atoms with Crippen LogP contribution in [0.2, 0.25) is 0 Å². The average molecular weight is 383 g/mol. The van der Waals surface area contributed by atoms with Crippen molar-refractivity contribution in [1.82, 2.24) is 18.7 Å². The fourth-order valence-corrected chi connectivity index (χ4v) is 4.08. The van der Waals surface area contributed by atoms with Crippen LogP contribution >= 0.6 is 0 Å². The number of hydrogen-bond donors (Lipinski definition) is 3. The zero-order valence-corrected chi connectivity index (χ0v) is 15.0. The van der Waals surface area contributed by atoms with Crippen LogP contribution in [0.5, 0.6) is 0 Å². The summed E-state index contributed by atoms with van der Waals surface area (Å²) in [6.07, 6.45) is 3.56. The van der Waals surface area contributed by atoms with E-state index in [-0.39, 0.29) is 17.5 Å². The molecule has 10 nitrogen and oxygen atoms in total. The lowest BCUT2D eigenvalue weighted by molar-refractivity contribution is -0.0473. The molecule has 1 aliphatic heterocycles. The van der Waals surface area contributed by atoms with Gasteiger partial charge in [-0.05, 0) is 30.4 Å². The molecular formula is C15H21N5O5S. The first-order chi connectivity index (χ1) is 12.2. The Bertz CT molecular complexity index is 909. The molecule has 26 heavy (non-hydrogen) atoms. The standard InChI is InChI=1S/C15H21N5O5S/c1-18-9-11(8-17-18)14(21)19-5-2-10(3-6-19)12-4-7-20(26(16,24)25)13(12)15(22)23/h4,7-10,15,22-23H,2-3,5-6H2,1H3,(H2,16,24,25). The second-order valence-corrected chi connectivity index (χ2v) is 7.76. The van der Waals surface area contributed by atoms with E-state index in [9.17, 15) is 23.4 Å². The van der Waals surface area contributed by atoms with Crippen LogP contribution in [0.4, 0.5) is 0 Å². The Balaban J connectivity index is 1.76. The summed E-state index contributed by atoms with van der Waals surface area (Å²) in [5.41, 5.74) is 0.879. The second-order valence-electron chi connectivity index (χ2n) is 6.34. The number of aliphatic hydroxyl groups excluding tert-OH is 1. The Morgan fingerprint density at radius 1 is 1.35 bits per heavy atom. The number of amides is 1. The highest BCUT2D eigenvalue weighted by Gasteiger charge is 2.30. The minimum Gasteiger partial charge on any atom is -0.363 e. The molecule has 0 unspecified atom stereocenters. The third-order valence-electron chi connectivity index (χ3n) is 4.62. The molecule has 3 heterocycles. The SMILES string of the molecule is Cn1cc(C(=O)N2CCC(c3ccn(S(N)(=O)=O)c3C(O)O)CC2)cn1. The maximum absolute atomic E-state index is 12.5. The molecule has 0 radical (unpaired) electrons. The summed E-state index contributed by atoms with van der Waals surface area (Å²) in [7, 11) is -2.39. The van der Waals surface area contributed by atoms with Crippen LogP contribution in [0.3, 0.4) is 0 Å². The summed E-state index contributed by atoms with van der Waals surface area (Å²) in [5, 5.41) is 28.3. The molecule has 3 rings (SSSR count). The van der Waals surface area contributed by atoms with E-state index in [2.05, 4.69) is 5.10 Å². The van der Waals surface area contributed by atoms with Crippen molar-refractivity contribution in [3.63, 3.8) is 0 Å². The van der Waals surface area contributed by atoms with E-state index in [1.165, 1.54) is 18.5 Å². The minimum absolute atomic E-state index is 0.104. The number of carbonyl (C=O) groups is 1. The van der Waals surface area contributed by atoms with Crippen LogP contribution in [0.25, 0.3) is 0 Å². The fraction of sp³-hybridized carbons (Fsp3) is 0.467. The number of piperidine rings is 1. The minimum atomic E-state index is -4.13. The van der Waals surface area contributed by atoms with Crippen molar-refractivity contribution in [1.29, 1.82) is 0 Å². The van der Waals surface area contributed by atoms with E-state index < -0.39 is 16.5 Å². The maximum atomic E-state index is 12.5. The van der Waals surface area contributed by atoms with Crippen molar-refractivity contribution >= 4 is 16.1 Å². The maximum Gasteiger partial charge on any atom is 0.302 e. The monoisotopic (exact) mass is 383 g/mol. The van der Waals surface area contributed by atoms with E-state index in [4.69, 9.17) is 5.14 Å². The van der Waals surface area contributed by atoms with E-state index in [1.807, 2.05) is 0 Å². The molecule has 4 N–H and O–H groups in total. The number of likely N-dealkylation sites (tertiary alicyclic amines) is 1. The van der Waals surface area contributed by atoms with Gasteiger partial charge in [0.25, 0.3) is 5.91 Å². The van der Waals surface area contributed by atoms with Crippen molar-refractivity contribution in [3.05, 3.63) is 41.5 Å². The molecule has 142 valence electrons. The number of hydrogen-bond acceptors (Lipinski definition) is 6. The van der Waals surface area contributed by atoms with Crippen molar-refractivity contribution in [2.24, 2.45) is 12.2 Å². The van der Waals surface area contributed by atoms with E-state index in [0.717, 1.165) is 0 Å². The van der Waals surface area contributed by atoms with Gasteiger partial charge in [-0.3, -0.25) is 9.48 Å². The Morgan fingerprint density at radius 3 is 2.50 bits per heavy atom. The van der Waals surface area contributed by atoms with Gasteiger partial charge < -0.3 is 15.1 Å². The molecule has 0 aromatic carbocycles. The Hall–Kier alpha value is -2.21. The highest BCUT2D eigenvalue weighted by molar-refractivity contribution is 7.87. The van der Waals surface area contributed by atoms with Gasteiger partial charge in [0.15, 0.2) is 6.29 Å². The number of nitrogens with two attached hydrogens (primary N) is 1. The summed E-state index contributed by atoms with van der Waals surface area (Å²) in [6.45, 7) is 0.944. The summed E-state index contributed by atoms with van der Waals surface area (Å²) in [5.74, 6) is -0.214. The lowest BCUT2D eigenvalue weighted by Gasteiger charge is -2.32. The van der Waals surface area contributed by atoms with Gasteiger partial charge in [-0.25, -0.2) is 9.11 Å². The van der Waals surface area contributed by atoms with Gasteiger partial charge in [-0.15, -0.1) is 0 Å². The van der Waals surface area contributed by atoms with Gasteiger partial charge in [0.05, 0.1) is 17.5 Å². The lowest BCUT2D eigenvalue weighted by Crippen LogP contribution is -2.38. The number of nitrogens with zero attached hydrogens (tertiary/aromatic N) is 4. The van der Waals surface area contributed by atoms with Crippen LogP contribution in [-0.2, 0) is 17.3 Å². The van der Waals surface area contributed by atoms with E-state index in [0.29, 0.717) is 41.0 Å².